The lowest BCUT2D eigenvalue weighted by molar-refractivity contribution is 0.651. The van der Waals surface area contributed by atoms with Gasteiger partial charge in [-0.25, -0.2) is 9.50 Å². The Bertz CT molecular complexity index is 846. The molecule has 0 atom stereocenters. The van der Waals surface area contributed by atoms with Crippen LogP contribution >= 0.6 is 0 Å². The van der Waals surface area contributed by atoms with Crippen molar-refractivity contribution in [3.05, 3.63) is 69.3 Å². The molecule has 2 heterocycles. The Kier molecular flexibility index (Phi) is 2.88. The Hall–Kier alpha value is -2.36. The fraction of sp³-hybridized carbons (Fsp3) is 0.294. The fourth-order valence-electron chi connectivity index (χ4n) is 3.14. The number of benzene rings is 1. The first-order valence-corrected chi connectivity index (χ1v) is 7.47. The minimum atomic E-state index is 0.0778. The van der Waals surface area contributed by atoms with E-state index in [9.17, 15) is 4.79 Å². The van der Waals surface area contributed by atoms with E-state index in [2.05, 4.69) is 17.2 Å². The van der Waals surface area contributed by atoms with Gasteiger partial charge in [-0.1, -0.05) is 30.3 Å². The van der Waals surface area contributed by atoms with Gasteiger partial charge in [0.1, 0.15) is 0 Å². The van der Waals surface area contributed by atoms with Crippen molar-refractivity contribution in [1.29, 1.82) is 0 Å². The van der Waals surface area contributed by atoms with Crippen molar-refractivity contribution in [2.75, 3.05) is 0 Å². The fourth-order valence-corrected chi connectivity index (χ4v) is 3.14. The summed E-state index contributed by atoms with van der Waals surface area (Å²) in [4.78, 5) is 17.3. The molecule has 3 aromatic rings. The van der Waals surface area contributed by atoms with Crippen LogP contribution in [0.5, 0.6) is 0 Å². The van der Waals surface area contributed by atoms with Gasteiger partial charge >= 0.3 is 0 Å². The molecule has 4 heteroatoms. The molecule has 0 saturated heterocycles. The third-order valence-electron chi connectivity index (χ3n) is 4.25. The van der Waals surface area contributed by atoms with Gasteiger partial charge in [-0.3, -0.25) is 9.89 Å². The molecule has 0 aliphatic heterocycles. The van der Waals surface area contributed by atoms with Crippen molar-refractivity contribution in [2.24, 2.45) is 0 Å². The van der Waals surface area contributed by atoms with E-state index >= 15 is 0 Å². The second-order valence-corrected chi connectivity index (χ2v) is 5.67. The number of nitrogens with zero attached hydrogens (tertiary/aromatic N) is 2. The van der Waals surface area contributed by atoms with E-state index in [0.717, 1.165) is 54.6 Å². The van der Waals surface area contributed by atoms with E-state index in [4.69, 9.17) is 4.98 Å². The maximum Gasteiger partial charge on any atom is 0.276 e. The first-order chi connectivity index (χ1) is 10.3. The summed E-state index contributed by atoms with van der Waals surface area (Å²) in [6, 6.07) is 10.3. The molecule has 1 N–H and O–H groups in total. The Morgan fingerprint density at radius 1 is 1.14 bits per heavy atom. The molecule has 1 aliphatic carbocycles. The summed E-state index contributed by atoms with van der Waals surface area (Å²) in [5, 5.41) is 3.07. The number of aryl methyl sites for hydroxylation is 1. The third kappa shape index (κ3) is 2.07. The van der Waals surface area contributed by atoms with Crippen LogP contribution in [0.1, 0.15) is 35.2 Å². The largest absolute Gasteiger partial charge is 0.297 e. The first-order valence-electron chi connectivity index (χ1n) is 7.47. The number of H-pyrrole nitrogens is 1. The highest BCUT2D eigenvalue weighted by Gasteiger charge is 2.18. The van der Waals surface area contributed by atoms with Crippen molar-refractivity contribution in [3.8, 4) is 0 Å². The van der Waals surface area contributed by atoms with Crippen LogP contribution in [0.15, 0.2) is 41.3 Å². The molecule has 4 rings (SSSR count). The van der Waals surface area contributed by atoms with E-state index in [-0.39, 0.29) is 5.56 Å². The average molecular weight is 279 g/mol. The van der Waals surface area contributed by atoms with Crippen molar-refractivity contribution in [1.82, 2.24) is 14.6 Å². The Morgan fingerprint density at radius 3 is 2.81 bits per heavy atom. The van der Waals surface area contributed by atoms with Crippen molar-refractivity contribution in [3.63, 3.8) is 0 Å². The number of hydrogen-bond acceptors (Lipinski definition) is 2. The lowest BCUT2D eigenvalue weighted by Gasteiger charge is -2.13. The Labute approximate surface area is 122 Å². The molecular formula is C17H17N3O. The molecule has 0 radical (unpaired) electrons. The predicted octanol–water partition coefficient (Wildman–Crippen LogP) is 2.49. The maximum absolute atomic E-state index is 12.5. The molecule has 0 bridgehead atoms. The summed E-state index contributed by atoms with van der Waals surface area (Å²) in [6.07, 6.45) is 6.71. The quantitative estimate of drug-likeness (QED) is 0.783. The van der Waals surface area contributed by atoms with Gasteiger partial charge in [-0.15, -0.1) is 0 Å². The van der Waals surface area contributed by atoms with Gasteiger partial charge in [-0.05, 0) is 31.2 Å². The minimum absolute atomic E-state index is 0.0778. The second-order valence-electron chi connectivity index (χ2n) is 5.67. The van der Waals surface area contributed by atoms with E-state index in [1.807, 2.05) is 24.4 Å². The Morgan fingerprint density at radius 2 is 1.95 bits per heavy atom. The van der Waals surface area contributed by atoms with Crippen LogP contribution < -0.4 is 5.56 Å². The molecule has 106 valence electrons. The first kappa shape index (κ1) is 12.4. The van der Waals surface area contributed by atoms with Crippen LogP contribution in [0.4, 0.5) is 0 Å². The minimum Gasteiger partial charge on any atom is -0.297 e. The van der Waals surface area contributed by atoms with Crippen LogP contribution in [-0.4, -0.2) is 14.6 Å². The number of nitrogens with one attached hydrogen (secondary N) is 1. The van der Waals surface area contributed by atoms with E-state index in [1.165, 1.54) is 5.56 Å². The van der Waals surface area contributed by atoms with Crippen LogP contribution in [0.3, 0.4) is 0 Å². The summed E-state index contributed by atoms with van der Waals surface area (Å²) in [6.45, 7) is 0. The monoisotopic (exact) mass is 279 g/mol. The van der Waals surface area contributed by atoms with Crippen molar-refractivity contribution in [2.45, 2.75) is 32.1 Å². The summed E-state index contributed by atoms with van der Waals surface area (Å²) in [7, 11) is 0. The van der Waals surface area contributed by atoms with Gasteiger partial charge in [-0.2, -0.15) is 0 Å². The number of hydrogen-bond donors (Lipinski definition) is 1. The SMILES string of the molecule is O=c1c2c(nc3c(Cc4ccccc4)c[nH]n13)CCCC2. The van der Waals surface area contributed by atoms with Gasteiger partial charge in [0.15, 0.2) is 5.65 Å². The maximum atomic E-state index is 12.5. The zero-order chi connectivity index (χ0) is 14.2. The predicted molar refractivity (Wildman–Crippen MR) is 81.7 cm³/mol. The third-order valence-corrected chi connectivity index (χ3v) is 4.25. The molecule has 0 spiro atoms. The number of aromatic nitrogens is 3. The Balaban J connectivity index is 1.85. The molecule has 0 saturated carbocycles. The highest BCUT2D eigenvalue weighted by atomic mass is 16.1. The van der Waals surface area contributed by atoms with Crippen LogP contribution in [-0.2, 0) is 19.3 Å². The van der Waals surface area contributed by atoms with Gasteiger partial charge in [0.05, 0.1) is 5.69 Å². The summed E-state index contributed by atoms with van der Waals surface area (Å²) in [5.74, 6) is 0. The van der Waals surface area contributed by atoms with Crippen molar-refractivity contribution < 1.29 is 0 Å². The standard InChI is InChI=1S/C17H17N3O/c21-17-14-8-4-5-9-15(14)19-16-13(11-18-20(16)17)10-12-6-2-1-3-7-12/h1-3,6-7,11,18H,4-5,8-10H2. The molecule has 0 unspecified atom stereocenters. The molecule has 0 fully saturated rings. The number of rotatable bonds is 2. The number of fused-ring (bicyclic) bond motifs is 2. The highest BCUT2D eigenvalue weighted by molar-refractivity contribution is 5.50. The lowest BCUT2D eigenvalue weighted by Crippen LogP contribution is -2.25. The van der Waals surface area contributed by atoms with E-state index in [0.29, 0.717) is 0 Å². The van der Waals surface area contributed by atoms with E-state index < -0.39 is 0 Å². The number of aromatic amines is 1. The average Bonchev–Trinajstić information content (AvgIpc) is 2.92. The molecule has 0 amide bonds. The normalized spacial score (nSPS) is 14.3. The molecule has 21 heavy (non-hydrogen) atoms. The zero-order valence-electron chi connectivity index (χ0n) is 11.8. The van der Waals surface area contributed by atoms with Gasteiger partial charge in [0, 0.05) is 23.7 Å². The summed E-state index contributed by atoms with van der Waals surface area (Å²) >= 11 is 0. The molecule has 4 nitrogen and oxygen atoms in total. The lowest BCUT2D eigenvalue weighted by atomic mass is 9.97. The topological polar surface area (TPSA) is 50.2 Å². The zero-order valence-corrected chi connectivity index (χ0v) is 11.8. The molecule has 1 aromatic carbocycles. The van der Waals surface area contributed by atoms with Gasteiger partial charge in [0.2, 0.25) is 0 Å². The second kappa shape index (κ2) is 4.88. The van der Waals surface area contributed by atoms with Crippen LogP contribution in [0, 0.1) is 0 Å². The smallest absolute Gasteiger partial charge is 0.276 e. The van der Waals surface area contributed by atoms with Gasteiger partial charge < -0.3 is 0 Å². The van der Waals surface area contributed by atoms with E-state index in [1.54, 1.807) is 4.52 Å². The van der Waals surface area contributed by atoms with Gasteiger partial charge in [0.25, 0.3) is 5.56 Å². The summed E-state index contributed by atoms with van der Waals surface area (Å²) < 4.78 is 1.60. The van der Waals surface area contributed by atoms with Crippen LogP contribution in [0.2, 0.25) is 0 Å². The summed E-state index contributed by atoms with van der Waals surface area (Å²) in [5.41, 5.74) is 5.06. The highest BCUT2D eigenvalue weighted by Crippen LogP contribution is 2.19. The molecule has 1 aliphatic rings. The van der Waals surface area contributed by atoms with Crippen molar-refractivity contribution >= 4 is 5.65 Å². The molecular weight excluding hydrogens is 262 g/mol. The van der Waals surface area contributed by atoms with Crippen LogP contribution in [0.25, 0.3) is 5.65 Å². The molecule has 2 aromatic heterocycles.